The number of carbonyl (C=O) groups excluding carboxylic acids is 1. The van der Waals surface area contributed by atoms with Gasteiger partial charge in [0.1, 0.15) is 5.82 Å². The van der Waals surface area contributed by atoms with E-state index in [0.717, 1.165) is 23.9 Å². The van der Waals surface area contributed by atoms with Crippen LogP contribution in [-0.2, 0) is 23.7 Å². The van der Waals surface area contributed by atoms with Crippen LogP contribution in [0.5, 0.6) is 0 Å². The van der Waals surface area contributed by atoms with Gasteiger partial charge in [0.05, 0.1) is 22.5 Å². The SMILES string of the molecule is CC(C)(NC(=O)N1CC2(CCn3nc(-c4cnc(N)c(C(F)(F)F)c4)cc32)C1)c1ccccn1. The fourth-order valence-corrected chi connectivity index (χ4v) is 4.74. The van der Waals surface area contributed by atoms with Crippen molar-refractivity contribution in [3.63, 3.8) is 0 Å². The fourth-order valence-electron chi connectivity index (χ4n) is 4.74. The average Bonchev–Trinajstić information content (AvgIpc) is 3.32. The molecule has 11 heteroatoms. The molecule has 0 bridgehead atoms. The Hall–Kier alpha value is -3.63. The van der Waals surface area contributed by atoms with Crippen LogP contribution in [0.15, 0.2) is 42.7 Å². The van der Waals surface area contributed by atoms with Crippen molar-refractivity contribution in [3.8, 4) is 11.3 Å². The highest BCUT2D eigenvalue weighted by atomic mass is 19.4. The van der Waals surface area contributed by atoms with Gasteiger partial charge in [0.2, 0.25) is 0 Å². The zero-order valence-electron chi connectivity index (χ0n) is 18.7. The molecule has 178 valence electrons. The quantitative estimate of drug-likeness (QED) is 0.609. The second kappa shape index (κ2) is 7.44. The predicted molar refractivity (Wildman–Crippen MR) is 119 cm³/mol. The molecule has 0 atom stereocenters. The fraction of sp³-hybridized carbons (Fsp3) is 0.391. The van der Waals surface area contributed by atoms with Crippen LogP contribution in [0.1, 0.15) is 37.2 Å². The zero-order chi connectivity index (χ0) is 24.3. The Labute approximate surface area is 194 Å². The number of aromatic nitrogens is 4. The summed E-state index contributed by atoms with van der Waals surface area (Å²) in [7, 11) is 0. The van der Waals surface area contributed by atoms with Crippen molar-refractivity contribution in [2.45, 2.75) is 43.9 Å². The van der Waals surface area contributed by atoms with E-state index in [2.05, 4.69) is 20.4 Å². The molecule has 1 fully saturated rings. The molecule has 2 aliphatic rings. The molecule has 0 aliphatic carbocycles. The van der Waals surface area contributed by atoms with E-state index in [4.69, 9.17) is 5.73 Å². The summed E-state index contributed by atoms with van der Waals surface area (Å²) in [5, 5.41) is 7.54. The number of aryl methyl sites for hydroxylation is 1. The molecule has 34 heavy (non-hydrogen) atoms. The third-order valence-corrected chi connectivity index (χ3v) is 6.64. The number of hydrogen-bond acceptors (Lipinski definition) is 5. The highest BCUT2D eigenvalue weighted by Gasteiger charge is 2.52. The molecular weight excluding hydrogens is 447 g/mol. The maximum atomic E-state index is 13.2. The molecule has 1 spiro atoms. The second-order valence-electron chi connectivity index (χ2n) is 9.45. The molecule has 8 nitrogen and oxygen atoms in total. The van der Waals surface area contributed by atoms with Crippen LogP contribution in [0.4, 0.5) is 23.8 Å². The van der Waals surface area contributed by atoms with Crippen LogP contribution in [-0.4, -0.2) is 43.8 Å². The van der Waals surface area contributed by atoms with E-state index < -0.39 is 23.1 Å². The summed E-state index contributed by atoms with van der Waals surface area (Å²) in [6.07, 6.45) is -0.790. The topological polar surface area (TPSA) is 102 Å². The summed E-state index contributed by atoms with van der Waals surface area (Å²) in [5.74, 6) is -0.561. The van der Waals surface area contributed by atoms with Gasteiger partial charge >= 0.3 is 12.2 Å². The summed E-state index contributed by atoms with van der Waals surface area (Å²) in [6, 6.07) is 8.16. The summed E-state index contributed by atoms with van der Waals surface area (Å²) in [5.41, 5.74) is 5.89. The van der Waals surface area contributed by atoms with E-state index in [1.54, 1.807) is 17.2 Å². The van der Waals surface area contributed by atoms with Crippen LogP contribution in [0, 0.1) is 0 Å². The number of fused-ring (bicyclic) bond motifs is 2. The van der Waals surface area contributed by atoms with E-state index >= 15 is 0 Å². The number of amides is 2. The number of halogens is 3. The number of pyridine rings is 2. The third kappa shape index (κ3) is 3.64. The highest BCUT2D eigenvalue weighted by molar-refractivity contribution is 5.77. The maximum absolute atomic E-state index is 13.2. The minimum Gasteiger partial charge on any atom is -0.383 e. The van der Waals surface area contributed by atoms with Crippen LogP contribution in [0.2, 0.25) is 0 Å². The minimum atomic E-state index is -4.60. The average molecular weight is 471 g/mol. The first-order chi connectivity index (χ1) is 16.0. The summed E-state index contributed by atoms with van der Waals surface area (Å²) < 4.78 is 41.5. The number of nitrogens with zero attached hydrogens (tertiary/aromatic N) is 5. The number of alkyl halides is 3. The highest BCUT2D eigenvalue weighted by Crippen LogP contribution is 2.44. The van der Waals surface area contributed by atoms with Gasteiger partial charge in [-0.2, -0.15) is 18.3 Å². The zero-order valence-corrected chi connectivity index (χ0v) is 18.7. The lowest BCUT2D eigenvalue weighted by Gasteiger charge is -2.48. The first kappa shape index (κ1) is 22.2. The maximum Gasteiger partial charge on any atom is 0.419 e. The first-order valence-corrected chi connectivity index (χ1v) is 10.9. The van der Waals surface area contributed by atoms with Crippen molar-refractivity contribution in [2.24, 2.45) is 0 Å². The molecule has 0 unspecified atom stereocenters. The Kier molecular flexibility index (Phi) is 4.85. The molecular formula is C23H24F3N7O. The summed E-state index contributed by atoms with van der Waals surface area (Å²) in [4.78, 5) is 22.7. The van der Waals surface area contributed by atoms with Gasteiger partial charge in [0, 0.05) is 48.7 Å². The van der Waals surface area contributed by atoms with Crippen LogP contribution in [0.25, 0.3) is 11.3 Å². The Morgan fingerprint density at radius 2 is 1.94 bits per heavy atom. The molecule has 1 saturated heterocycles. The van der Waals surface area contributed by atoms with E-state index in [9.17, 15) is 18.0 Å². The van der Waals surface area contributed by atoms with Crippen molar-refractivity contribution >= 4 is 11.8 Å². The standard InChI is InChI=1S/C23H24F3N7O/c1-21(2,17-5-3-4-7-28-17)30-20(34)32-12-22(13-32)6-8-33-18(22)10-16(31-33)14-9-15(23(24,25)26)19(27)29-11-14/h3-5,7,9-11H,6,8,12-13H2,1-2H3,(H2,27,29)(H,30,34). The number of rotatable bonds is 3. The lowest BCUT2D eigenvalue weighted by molar-refractivity contribution is -0.137. The smallest absolute Gasteiger partial charge is 0.383 e. The van der Waals surface area contributed by atoms with Crippen LogP contribution in [0.3, 0.4) is 0 Å². The lowest BCUT2D eigenvalue weighted by Crippen LogP contribution is -2.64. The number of carbonyl (C=O) groups is 1. The van der Waals surface area contributed by atoms with Crippen molar-refractivity contribution in [2.75, 3.05) is 18.8 Å². The monoisotopic (exact) mass is 471 g/mol. The third-order valence-electron chi connectivity index (χ3n) is 6.64. The van der Waals surface area contributed by atoms with E-state index in [0.29, 0.717) is 25.3 Å². The number of hydrogen-bond donors (Lipinski definition) is 2. The number of nitrogen functional groups attached to an aromatic ring is 1. The van der Waals surface area contributed by atoms with Crippen molar-refractivity contribution < 1.29 is 18.0 Å². The van der Waals surface area contributed by atoms with Gasteiger partial charge in [0.25, 0.3) is 0 Å². The first-order valence-electron chi connectivity index (χ1n) is 10.9. The normalized spacial score (nSPS) is 16.9. The second-order valence-corrected chi connectivity index (χ2v) is 9.45. The van der Waals surface area contributed by atoms with Crippen LogP contribution >= 0.6 is 0 Å². The number of anilines is 1. The molecule has 2 amide bonds. The van der Waals surface area contributed by atoms with Gasteiger partial charge in [-0.3, -0.25) is 9.67 Å². The number of nitrogens with two attached hydrogens (primary N) is 1. The Morgan fingerprint density at radius 3 is 2.62 bits per heavy atom. The molecule has 5 rings (SSSR count). The Bertz CT molecular complexity index is 1250. The Balaban J connectivity index is 1.32. The van der Waals surface area contributed by atoms with Gasteiger partial charge in [-0.05, 0) is 44.5 Å². The van der Waals surface area contributed by atoms with E-state index in [1.165, 1.54) is 6.20 Å². The Morgan fingerprint density at radius 1 is 1.18 bits per heavy atom. The minimum absolute atomic E-state index is 0.183. The molecule has 0 aromatic carbocycles. The van der Waals surface area contributed by atoms with Crippen molar-refractivity contribution in [3.05, 3.63) is 59.7 Å². The number of urea groups is 1. The van der Waals surface area contributed by atoms with E-state index in [-0.39, 0.29) is 17.0 Å². The van der Waals surface area contributed by atoms with Crippen molar-refractivity contribution in [1.29, 1.82) is 0 Å². The van der Waals surface area contributed by atoms with Crippen LogP contribution < -0.4 is 11.1 Å². The van der Waals surface area contributed by atoms with Gasteiger partial charge < -0.3 is 16.0 Å². The van der Waals surface area contributed by atoms with Gasteiger partial charge in [-0.1, -0.05) is 6.07 Å². The summed E-state index contributed by atoms with van der Waals surface area (Å²) in [6.45, 7) is 5.45. The number of likely N-dealkylation sites (tertiary alicyclic amines) is 1. The van der Waals surface area contributed by atoms with Gasteiger partial charge in [-0.15, -0.1) is 0 Å². The molecule has 5 heterocycles. The predicted octanol–water partition coefficient (Wildman–Crippen LogP) is 3.54. The molecule has 0 radical (unpaired) electrons. The molecule has 2 aliphatic heterocycles. The summed E-state index contributed by atoms with van der Waals surface area (Å²) >= 11 is 0. The van der Waals surface area contributed by atoms with Crippen molar-refractivity contribution in [1.82, 2.24) is 30.0 Å². The number of nitrogens with one attached hydrogen (secondary N) is 1. The van der Waals surface area contributed by atoms with Gasteiger partial charge in [-0.25, -0.2) is 9.78 Å². The molecule has 0 saturated carbocycles. The molecule has 3 aromatic rings. The van der Waals surface area contributed by atoms with Gasteiger partial charge in [0.15, 0.2) is 0 Å². The molecule has 3 aromatic heterocycles. The largest absolute Gasteiger partial charge is 0.419 e. The lowest BCUT2D eigenvalue weighted by atomic mass is 9.76. The molecule has 3 N–H and O–H groups in total. The van der Waals surface area contributed by atoms with E-state index in [1.807, 2.05) is 36.7 Å².